The van der Waals surface area contributed by atoms with Gasteiger partial charge in [-0.3, -0.25) is 9.59 Å². The molecular formula is C19H26O2. The van der Waals surface area contributed by atoms with Gasteiger partial charge in [-0.1, -0.05) is 19.4 Å². The number of allylic oxidation sites excluding steroid dienone is 1. The van der Waals surface area contributed by atoms with Gasteiger partial charge in [0.05, 0.1) is 0 Å². The second-order valence-corrected chi connectivity index (χ2v) is 8.26. The lowest BCUT2D eigenvalue weighted by Gasteiger charge is -2.52. The first-order valence-corrected chi connectivity index (χ1v) is 8.78. The Bertz CT molecular complexity index is 532. The summed E-state index contributed by atoms with van der Waals surface area (Å²) in [6.45, 7) is 4.38. The maximum atomic E-state index is 12.6. The van der Waals surface area contributed by atoms with Crippen molar-refractivity contribution in [2.24, 2.45) is 35.0 Å². The van der Waals surface area contributed by atoms with Gasteiger partial charge < -0.3 is 0 Å². The largest absolute Gasteiger partial charge is 0.299 e. The molecular weight excluding hydrogens is 260 g/mol. The summed E-state index contributed by atoms with van der Waals surface area (Å²) in [5.74, 6) is 3.87. The quantitative estimate of drug-likeness (QED) is 0.676. The van der Waals surface area contributed by atoms with Crippen molar-refractivity contribution in [3.05, 3.63) is 11.6 Å². The van der Waals surface area contributed by atoms with E-state index in [0.717, 1.165) is 43.9 Å². The SMILES string of the molecule is C[C@@H]1C[C@H]2[C@@H]3CCC4=CC(=O)CCC4[C@H]3CC[C@]2(C)C1=O. The highest BCUT2D eigenvalue weighted by Crippen LogP contribution is 2.61. The molecule has 0 saturated heterocycles. The van der Waals surface area contributed by atoms with Gasteiger partial charge in [0.25, 0.3) is 0 Å². The number of hydrogen-bond acceptors (Lipinski definition) is 2. The minimum Gasteiger partial charge on any atom is -0.299 e. The van der Waals surface area contributed by atoms with Gasteiger partial charge in [0.2, 0.25) is 0 Å². The highest BCUT2D eigenvalue weighted by Gasteiger charge is 2.58. The summed E-state index contributed by atoms with van der Waals surface area (Å²) in [7, 11) is 0. The van der Waals surface area contributed by atoms with Gasteiger partial charge >= 0.3 is 0 Å². The van der Waals surface area contributed by atoms with Crippen molar-refractivity contribution in [2.75, 3.05) is 0 Å². The van der Waals surface area contributed by atoms with Gasteiger partial charge in [-0.05, 0) is 68.3 Å². The Hall–Kier alpha value is -0.920. The molecule has 0 N–H and O–H groups in total. The van der Waals surface area contributed by atoms with Crippen molar-refractivity contribution < 1.29 is 9.59 Å². The third kappa shape index (κ3) is 1.83. The Kier molecular flexibility index (Phi) is 2.96. The Morgan fingerprint density at radius 3 is 2.71 bits per heavy atom. The topological polar surface area (TPSA) is 34.1 Å². The number of ketones is 2. The van der Waals surface area contributed by atoms with Crippen LogP contribution < -0.4 is 0 Å². The highest BCUT2D eigenvalue weighted by atomic mass is 16.1. The maximum Gasteiger partial charge on any atom is 0.155 e. The van der Waals surface area contributed by atoms with E-state index in [1.54, 1.807) is 0 Å². The number of hydrogen-bond donors (Lipinski definition) is 0. The fourth-order valence-corrected chi connectivity index (χ4v) is 6.29. The predicted molar refractivity (Wildman–Crippen MR) is 81.6 cm³/mol. The molecule has 3 fully saturated rings. The third-order valence-electron chi connectivity index (χ3n) is 7.31. The van der Waals surface area contributed by atoms with Crippen LogP contribution in [0.15, 0.2) is 11.6 Å². The van der Waals surface area contributed by atoms with E-state index >= 15 is 0 Å². The van der Waals surface area contributed by atoms with Crippen molar-refractivity contribution in [1.29, 1.82) is 0 Å². The van der Waals surface area contributed by atoms with E-state index < -0.39 is 0 Å². The van der Waals surface area contributed by atoms with Crippen molar-refractivity contribution in [3.63, 3.8) is 0 Å². The van der Waals surface area contributed by atoms with Gasteiger partial charge in [0.15, 0.2) is 5.78 Å². The minimum atomic E-state index is -0.0354. The van der Waals surface area contributed by atoms with Crippen LogP contribution >= 0.6 is 0 Å². The van der Waals surface area contributed by atoms with E-state index in [-0.39, 0.29) is 11.3 Å². The maximum absolute atomic E-state index is 12.6. The first kappa shape index (κ1) is 13.7. The first-order chi connectivity index (χ1) is 10.0. The molecule has 0 aromatic carbocycles. The lowest BCUT2D eigenvalue weighted by molar-refractivity contribution is -0.133. The average molecular weight is 286 g/mol. The monoisotopic (exact) mass is 286 g/mol. The molecule has 0 heterocycles. The molecule has 1 unspecified atom stereocenters. The third-order valence-corrected chi connectivity index (χ3v) is 7.31. The fraction of sp³-hybridized carbons (Fsp3) is 0.789. The molecule has 2 heteroatoms. The molecule has 0 spiro atoms. The molecule has 4 rings (SSSR count). The summed E-state index contributed by atoms with van der Waals surface area (Å²) < 4.78 is 0. The summed E-state index contributed by atoms with van der Waals surface area (Å²) in [4.78, 5) is 24.3. The lowest BCUT2D eigenvalue weighted by atomic mass is 9.52. The number of fused-ring (bicyclic) bond motifs is 5. The molecule has 0 aromatic heterocycles. The molecule has 0 aliphatic heterocycles. The summed E-state index contributed by atoms with van der Waals surface area (Å²) >= 11 is 0. The van der Waals surface area contributed by atoms with E-state index in [2.05, 4.69) is 13.8 Å². The average Bonchev–Trinajstić information content (AvgIpc) is 2.70. The van der Waals surface area contributed by atoms with Crippen LogP contribution in [0.25, 0.3) is 0 Å². The zero-order valence-corrected chi connectivity index (χ0v) is 13.2. The normalized spacial score (nSPS) is 49.2. The van der Waals surface area contributed by atoms with Crippen LogP contribution in [-0.4, -0.2) is 11.6 Å². The molecule has 3 saturated carbocycles. The second-order valence-electron chi connectivity index (χ2n) is 8.26. The van der Waals surface area contributed by atoms with Crippen LogP contribution in [0.3, 0.4) is 0 Å². The summed E-state index contributed by atoms with van der Waals surface area (Å²) in [6.07, 6.45) is 9.48. The Morgan fingerprint density at radius 1 is 1.10 bits per heavy atom. The Morgan fingerprint density at radius 2 is 1.90 bits per heavy atom. The highest BCUT2D eigenvalue weighted by molar-refractivity contribution is 5.91. The molecule has 0 radical (unpaired) electrons. The number of rotatable bonds is 0. The van der Waals surface area contributed by atoms with Gasteiger partial charge in [-0.2, -0.15) is 0 Å². The summed E-state index contributed by atoms with van der Waals surface area (Å²) in [5, 5.41) is 0. The zero-order chi connectivity index (χ0) is 14.8. The predicted octanol–water partition coefficient (Wildman–Crippen LogP) is 3.94. The van der Waals surface area contributed by atoms with Crippen molar-refractivity contribution in [1.82, 2.24) is 0 Å². The van der Waals surface area contributed by atoms with Gasteiger partial charge in [-0.25, -0.2) is 0 Å². The molecule has 21 heavy (non-hydrogen) atoms. The molecule has 4 aliphatic carbocycles. The van der Waals surface area contributed by atoms with Gasteiger partial charge in [0, 0.05) is 17.8 Å². The van der Waals surface area contributed by atoms with Crippen LogP contribution in [0.1, 0.15) is 58.8 Å². The zero-order valence-electron chi connectivity index (χ0n) is 13.2. The summed E-state index contributed by atoms with van der Waals surface area (Å²) in [6, 6.07) is 0. The molecule has 0 aromatic rings. The Balaban J connectivity index is 1.65. The number of Topliss-reactive ketones (excluding diaryl/α,β-unsaturated/α-hetero) is 1. The lowest BCUT2D eigenvalue weighted by Crippen LogP contribution is -2.46. The molecule has 4 aliphatic rings. The number of carbonyl (C=O) groups excluding carboxylic acids is 2. The minimum absolute atomic E-state index is 0.0354. The van der Waals surface area contributed by atoms with Crippen LogP contribution in [0.2, 0.25) is 0 Å². The van der Waals surface area contributed by atoms with Crippen LogP contribution in [0.4, 0.5) is 0 Å². The molecule has 0 amide bonds. The van der Waals surface area contributed by atoms with Crippen molar-refractivity contribution in [3.8, 4) is 0 Å². The fourth-order valence-electron chi connectivity index (χ4n) is 6.29. The Labute approximate surface area is 127 Å². The van der Waals surface area contributed by atoms with E-state index in [1.807, 2.05) is 6.08 Å². The molecule has 6 atom stereocenters. The van der Waals surface area contributed by atoms with Crippen molar-refractivity contribution >= 4 is 11.6 Å². The van der Waals surface area contributed by atoms with Gasteiger partial charge in [0.1, 0.15) is 5.78 Å². The van der Waals surface area contributed by atoms with Crippen molar-refractivity contribution in [2.45, 2.75) is 58.8 Å². The van der Waals surface area contributed by atoms with E-state index in [0.29, 0.717) is 23.4 Å². The molecule has 0 bridgehead atoms. The molecule has 114 valence electrons. The summed E-state index contributed by atoms with van der Waals surface area (Å²) in [5.41, 5.74) is 1.40. The van der Waals surface area contributed by atoms with Crippen LogP contribution in [-0.2, 0) is 9.59 Å². The van der Waals surface area contributed by atoms with E-state index in [9.17, 15) is 9.59 Å². The van der Waals surface area contributed by atoms with Crippen LogP contribution in [0, 0.1) is 35.0 Å². The first-order valence-electron chi connectivity index (χ1n) is 8.78. The van der Waals surface area contributed by atoms with E-state index in [4.69, 9.17) is 0 Å². The second kappa shape index (κ2) is 4.54. The van der Waals surface area contributed by atoms with Crippen LogP contribution in [0.5, 0.6) is 0 Å². The smallest absolute Gasteiger partial charge is 0.155 e. The molecule has 2 nitrogen and oxygen atoms in total. The number of carbonyl (C=O) groups is 2. The standard InChI is InChI=1S/C19H26O2/c1-11-9-17-16-5-3-12-10-13(20)4-6-14(12)15(16)7-8-19(17,2)18(11)21/h10-11,14-17H,3-9H2,1-2H3/t11-,14?,15-,16-,17+,19+/m1/s1. The van der Waals surface area contributed by atoms with Gasteiger partial charge in [-0.15, -0.1) is 0 Å². The van der Waals surface area contributed by atoms with E-state index in [1.165, 1.54) is 18.4 Å².